The Kier molecular flexibility index (Phi) is 3.68. The van der Waals surface area contributed by atoms with E-state index in [2.05, 4.69) is 6.58 Å². The van der Waals surface area contributed by atoms with Gasteiger partial charge in [-0.15, -0.1) is 0 Å². The molecule has 0 heterocycles. The zero-order valence-corrected chi connectivity index (χ0v) is 8.72. The lowest BCUT2D eigenvalue weighted by Crippen LogP contribution is -2.38. The maximum absolute atomic E-state index is 11.6. The van der Waals surface area contributed by atoms with E-state index in [1.165, 1.54) is 4.90 Å². The third-order valence-electron chi connectivity index (χ3n) is 1.67. The third-order valence-corrected chi connectivity index (χ3v) is 1.67. The van der Waals surface area contributed by atoms with Gasteiger partial charge < -0.3 is 4.90 Å². The fourth-order valence-electron chi connectivity index (χ4n) is 1.00. The first-order chi connectivity index (χ1) is 5.81. The standard InChI is InChI=1S/C10H16N2O/c1-8(2)6-12(5)9(13)10(3,4)7-11/h1,6H2,2-5H3. The molecular formula is C10H16N2O. The summed E-state index contributed by atoms with van der Waals surface area (Å²) in [6.45, 7) is 9.29. The van der Waals surface area contributed by atoms with Crippen LogP contribution in [-0.2, 0) is 4.79 Å². The molecule has 0 radical (unpaired) electrons. The van der Waals surface area contributed by atoms with Crippen LogP contribution in [0.4, 0.5) is 0 Å². The van der Waals surface area contributed by atoms with Gasteiger partial charge in [-0.05, 0) is 20.8 Å². The average molecular weight is 180 g/mol. The Balaban J connectivity index is 4.45. The van der Waals surface area contributed by atoms with Crippen LogP contribution in [0.25, 0.3) is 0 Å². The second-order valence-electron chi connectivity index (χ2n) is 3.86. The number of likely N-dealkylation sites (N-methyl/N-ethyl adjacent to an activating group) is 1. The summed E-state index contributed by atoms with van der Waals surface area (Å²) in [5.74, 6) is -0.169. The molecule has 3 nitrogen and oxygen atoms in total. The van der Waals surface area contributed by atoms with Crippen molar-refractivity contribution in [3.63, 3.8) is 0 Å². The summed E-state index contributed by atoms with van der Waals surface area (Å²) in [7, 11) is 1.68. The van der Waals surface area contributed by atoms with Crippen molar-refractivity contribution < 1.29 is 4.79 Å². The number of rotatable bonds is 3. The molecule has 0 N–H and O–H groups in total. The van der Waals surface area contributed by atoms with Crippen molar-refractivity contribution in [2.75, 3.05) is 13.6 Å². The lowest BCUT2D eigenvalue weighted by atomic mass is 9.94. The summed E-state index contributed by atoms with van der Waals surface area (Å²) in [5, 5.41) is 8.73. The van der Waals surface area contributed by atoms with Gasteiger partial charge in [-0.25, -0.2) is 0 Å². The maximum Gasteiger partial charge on any atom is 0.242 e. The molecule has 0 aromatic heterocycles. The van der Waals surface area contributed by atoms with Crippen LogP contribution in [0.5, 0.6) is 0 Å². The Morgan fingerprint density at radius 1 is 1.62 bits per heavy atom. The van der Waals surface area contributed by atoms with Gasteiger partial charge in [0.25, 0.3) is 0 Å². The molecule has 0 bridgehead atoms. The van der Waals surface area contributed by atoms with E-state index in [0.717, 1.165) is 5.57 Å². The van der Waals surface area contributed by atoms with Crippen LogP contribution in [0.1, 0.15) is 20.8 Å². The summed E-state index contributed by atoms with van der Waals surface area (Å²) >= 11 is 0. The predicted molar refractivity (Wildman–Crippen MR) is 51.8 cm³/mol. The van der Waals surface area contributed by atoms with Gasteiger partial charge >= 0.3 is 0 Å². The van der Waals surface area contributed by atoms with Crippen LogP contribution in [0.3, 0.4) is 0 Å². The van der Waals surface area contributed by atoms with E-state index in [-0.39, 0.29) is 5.91 Å². The molecule has 0 spiro atoms. The molecule has 0 rings (SSSR count). The van der Waals surface area contributed by atoms with Crippen molar-refractivity contribution in [1.29, 1.82) is 5.26 Å². The summed E-state index contributed by atoms with van der Waals surface area (Å²) < 4.78 is 0. The highest BCUT2D eigenvalue weighted by atomic mass is 16.2. The number of carbonyl (C=O) groups is 1. The number of carbonyl (C=O) groups excluding carboxylic acids is 1. The Bertz CT molecular complexity index is 261. The molecule has 0 saturated carbocycles. The molecule has 1 amide bonds. The first-order valence-corrected chi connectivity index (χ1v) is 4.12. The van der Waals surface area contributed by atoms with Gasteiger partial charge in [-0.2, -0.15) is 5.26 Å². The van der Waals surface area contributed by atoms with Crippen molar-refractivity contribution in [2.24, 2.45) is 5.41 Å². The number of nitrogens with zero attached hydrogens (tertiary/aromatic N) is 2. The van der Waals surface area contributed by atoms with Crippen LogP contribution in [-0.4, -0.2) is 24.4 Å². The second-order valence-corrected chi connectivity index (χ2v) is 3.86. The van der Waals surface area contributed by atoms with Crippen molar-refractivity contribution in [1.82, 2.24) is 4.90 Å². The first kappa shape index (κ1) is 11.7. The van der Waals surface area contributed by atoms with E-state index < -0.39 is 5.41 Å². The summed E-state index contributed by atoms with van der Waals surface area (Å²) in [6.07, 6.45) is 0. The summed E-state index contributed by atoms with van der Waals surface area (Å²) in [4.78, 5) is 13.1. The van der Waals surface area contributed by atoms with E-state index in [0.29, 0.717) is 6.54 Å². The molecule has 0 unspecified atom stereocenters. The Morgan fingerprint density at radius 3 is 2.38 bits per heavy atom. The third kappa shape index (κ3) is 3.29. The zero-order valence-electron chi connectivity index (χ0n) is 8.72. The highest BCUT2D eigenvalue weighted by molar-refractivity contribution is 5.84. The minimum Gasteiger partial charge on any atom is -0.340 e. The Morgan fingerprint density at radius 2 is 2.08 bits per heavy atom. The smallest absolute Gasteiger partial charge is 0.242 e. The molecule has 0 saturated heterocycles. The second kappa shape index (κ2) is 4.08. The number of hydrogen-bond acceptors (Lipinski definition) is 2. The largest absolute Gasteiger partial charge is 0.340 e. The summed E-state index contributed by atoms with van der Waals surface area (Å²) in [5.41, 5.74) is -0.0333. The van der Waals surface area contributed by atoms with Crippen molar-refractivity contribution >= 4 is 5.91 Å². The van der Waals surface area contributed by atoms with Gasteiger partial charge in [0.15, 0.2) is 0 Å². The number of hydrogen-bond donors (Lipinski definition) is 0. The molecule has 0 atom stereocenters. The molecule has 0 aliphatic carbocycles. The van der Waals surface area contributed by atoms with Gasteiger partial charge in [-0.3, -0.25) is 4.79 Å². The van der Waals surface area contributed by atoms with Crippen LogP contribution in [0.15, 0.2) is 12.2 Å². The molecule has 0 fully saturated rings. The lowest BCUT2D eigenvalue weighted by molar-refractivity contribution is -0.135. The van der Waals surface area contributed by atoms with E-state index in [1.54, 1.807) is 20.9 Å². The SMILES string of the molecule is C=C(C)CN(C)C(=O)C(C)(C)C#N. The molecule has 3 heteroatoms. The normalized spacial score (nSPS) is 10.4. The van der Waals surface area contributed by atoms with E-state index in [4.69, 9.17) is 5.26 Å². The molecule has 13 heavy (non-hydrogen) atoms. The summed E-state index contributed by atoms with van der Waals surface area (Å²) in [6, 6.07) is 1.97. The molecule has 0 aromatic rings. The Labute approximate surface area is 79.6 Å². The van der Waals surface area contributed by atoms with Crippen LogP contribution in [0, 0.1) is 16.7 Å². The van der Waals surface area contributed by atoms with Crippen molar-refractivity contribution in [2.45, 2.75) is 20.8 Å². The average Bonchev–Trinajstić information content (AvgIpc) is 2.01. The van der Waals surface area contributed by atoms with Crippen LogP contribution in [0.2, 0.25) is 0 Å². The highest BCUT2D eigenvalue weighted by Gasteiger charge is 2.29. The minimum absolute atomic E-state index is 0.169. The maximum atomic E-state index is 11.6. The zero-order chi connectivity index (χ0) is 10.6. The molecule has 0 aliphatic rings. The van der Waals surface area contributed by atoms with Crippen LogP contribution >= 0.6 is 0 Å². The minimum atomic E-state index is -0.940. The fourth-order valence-corrected chi connectivity index (χ4v) is 1.00. The number of amides is 1. The monoisotopic (exact) mass is 180 g/mol. The quantitative estimate of drug-likeness (QED) is 0.619. The van der Waals surface area contributed by atoms with Gasteiger partial charge in [-0.1, -0.05) is 12.2 Å². The highest BCUT2D eigenvalue weighted by Crippen LogP contribution is 2.16. The lowest BCUT2D eigenvalue weighted by Gasteiger charge is -2.23. The molecule has 72 valence electrons. The van der Waals surface area contributed by atoms with E-state index in [9.17, 15) is 4.79 Å². The van der Waals surface area contributed by atoms with E-state index in [1.807, 2.05) is 13.0 Å². The molecule has 0 aliphatic heterocycles. The predicted octanol–water partition coefficient (Wildman–Crippen LogP) is 1.57. The molecule has 0 aromatic carbocycles. The van der Waals surface area contributed by atoms with E-state index >= 15 is 0 Å². The molecular weight excluding hydrogens is 164 g/mol. The van der Waals surface area contributed by atoms with Gasteiger partial charge in [0.05, 0.1) is 6.07 Å². The van der Waals surface area contributed by atoms with Gasteiger partial charge in [0.2, 0.25) is 5.91 Å². The number of nitriles is 1. The van der Waals surface area contributed by atoms with Crippen molar-refractivity contribution in [3.8, 4) is 6.07 Å². The van der Waals surface area contributed by atoms with Gasteiger partial charge in [0, 0.05) is 13.6 Å². The topological polar surface area (TPSA) is 44.1 Å². The fraction of sp³-hybridized carbons (Fsp3) is 0.600. The van der Waals surface area contributed by atoms with Crippen molar-refractivity contribution in [3.05, 3.63) is 12.2 Å². The van der Waals surface area contributed by atoms with Gasteiger partial charge in [0.1, 0.15) is 5.41 Å². The first-order valence-electron chi connectivity index (χ1n) is 4.12. The van der Waals surface area contributed by atoms with Crippen LogP contribution < -0.4 is 0 Å². The Hall–Kier alpha value is -1.30.